The highest BCUT2D eigenvalue weighted by Gasteiger charge is 2.23. The van der Waals surface area contributed by atoms with Crippen molar-refractivity contribution in [2.45, 2.75) is 25.2 Å². The van der Waals surface area contributed by atoms with Gasteiger partial charge in [-0.3, -0.25) is 4.79 Å². The Morgan fingerprint density at radius 2 is 1.97 bits per heavy atom. The lowest BCUT2D eigenvalue weighted by Gasteiger charge is -2.19. The molecule has 0 saturated carbocycles. The second kappa shape index (κ2) is 8.94. The highest BCUT2D eigenvalue weighted by molar-refractivity contribution is 7.89. The molecule has 3 aromatic rings. The summed E-state index contributed by atoms with van der Waals surface area (Å²) >= 11 is 6.15. The Balaban J connectivity index is 1.71. The lowest BCUT2D eigenvalue weighted by atomic mass is 10.2. The summed E-state index contributed by atoms with van der Waals surface area (Å²) in [6.07, 6.45) is 4.36. The van der Waals surface area contributed by atoms with E-state index in [4.69, 9.17) is 11.6 Å². The molecule has 1 N–H and O–H groups in total. The van der Waals surface area contributed by atoms with E-state index in [1.54, 1.807) is 13.8 Å². The van der Waals surface area contributed by atoms with Crippen LogP contribution in [0.4, 0.5) is 0 Å². The standard InChI is InChI=1S/C20H23ClN4O3S/c1-3-25(4-2)29(27,28)16-8-9-18(21)17(13-16)20(26)22-11-10-15-14-24-12-6-5-7-19(24)23-15/h5-9,12-14H,3-4,10-11H2,1-2H3,(H,22,26). The largest absolute Gasteiger partial charge is 0.352 e. The number of aromatic nitrogens is 2. The Kier molecular flexibility index (Phi) is 6.56. The van der Waals surface area contributed by atoms with E-state index >= 15 is 0 Å². The summed E-state index contributed by atoms with van der Waals surface area (Å²) in [6, 6.07) is 9.93. The maximum atomic E-state index is 12.7. The van der Waals surface area contributed by atoms with E-state index in [0.29, 0.717) is 26.1 Å². The smallest absolute Gasteiger partial charge is 0.252 e. The van der Waals surface area contributed by atoms with Crippen LogP contribution in [0, 0.1) is 0 Å². The van der Waals surface area contributed by atoms with Crippen LogP contribution in [0.25, 0.3) is 5.65 Å². The van der Waals surface area contributed by atoms with Gasteiger partial charge < -0.3 is 9.72 Å². The molecule has 1 aromatic carbocycles. The van der Waals surface area contributed by atoms with Gasteiger partial charge in [-0.1, -0.05) is 31.5 Å². The molecule has 0 spiro atoms. The van der Waals surface area contributed by atoms with Crippen molar-refractivity contribution < 1.29 is 13.2 Å². The SMILES string of the molecule is CCN(CC)S(=O)(=O)c1ccc(Cl)c(C(=O)NCCc2cn3ccccc3n2)c1. The highest BCUT2D eigenvalue weighted by Crippen LogP contribution is 2.23. The van der Waals surface area contributed by atoms with Crippen LogP contribution in [-0.4, -0.2) is 47.6 Å². The van der Waals surface area contributed by atoms with E-state index in [2.05, 4.69) is 10.3 Å². The van der Waals surface area contributed by atoms with Gasteiger partial charge >= 0.3 is 0 Å². The van der Waals surface area contributed by atoms with Crippen molar-refractivity contribution in [3.63, 3.8) is 0 Å². The van der Waals surface area contributed by atoms with Gasteiger partial charge in [0.15, 0.2) is 0 Å². The number of imidazole rings is 1. The minimum absolute atomic E-state index is 0.0519. The molecular formula is C20H23ClN4O3S. The molecule has 0 atom stereocenters. The van der Waals surface area contributed by atoms with Crippen molar-refractivity contribution in [3.8, 4) is 0 Å². The number of rotatable bonds is 8. The summed E-state index contributed by atoms with van der Waals surface area (Å²) < 4.78 is 28.7. The Morgan fingerprint density at radius 1 is 1.21 bits per heavy atom. The Labute approximate surface area is 175 Å². The van der Waals surface area contributed by atoms with Crippen LogP contribution in [0.15, 0.2) is 53.7 Å². The van der Waals surface area contributed by atoms with E-state index in [0.717, 1.165) is 11.3 Å². The van der Waals surface area contributed by atoms with E-state index < -0.39 is 15.9 Å². The number of pyridine rings is 1. The number of amides is 1. The molecule has 0 unspecified atom stereocenters. The van der Waals surface area contributed by atoms with Crippen molar-refractivity contribution in [1.29, 1.82) is 0 Å². The molecule has 0 aliphatic heterocycles. The van der Waals surface area contributed by atoms with E-state index in [1.165, 1.54) is 22.5 Å². The average molecular weight is 435 g/mol. The number of benzene rings is 1. The monoisotopic (exact) mass is 434 g/mol. The topological polar surface area (TPSA) is 83.8 Å². The molecule has 0 aliphatic carbocycles. The van der Waals surface area contributed by atoms with Gasteiger partial charge in [0.1, 0.15) is 5.65 Å². The normalized spacial score (nSPS) is 11.9. The van der Waals surface area contributed by atoms with E-state index in [1.807, 2.05) is 35.0 Å². The summed E-state index contributed by atoms with van der Waals surface area (Å²) in [7, 11) is -3.67. The molecule has 3 rings (SSSR count). The Bertz CT molecular complexity index is 1090. The lowest BCUT2D eigenvalue weighted by Crippen LogP contribution is -2.31. The predicted octanol–water partition coefficient (Wildman–Crippen LogP) is 2.99. The van der Waals surface area contributed by atoms with Crippen molar-refractivity contribution in [2.75, 3.05) is 19.6 Å². The number of nitrogens with one attached hydrogen (secondary N) is 1. The lowest BCUT2D eigenvalue weighted by molar-refractivity contribution is 0.0954. The van der Waals surface area contributed by atoms with Crippen LogP contribution >= 0.6 is 11.6 Å². The van der Waals surface area contributed by atoms with Gasteiger partial charge in [0.2, 0.25) is 10.0 Å². The number of halogens is 1. The van der Waals surface area contributed by atoms with Crippen LogP contribution < -0.4 is 5.32 Å². The van der Waals surface area contributed by atoms with Gasteiger partial charge in [0.25, 0.3) is 5.91 Å². The third-order valence-electron chi connectivity index (χ3n) is 4.61. The molecule has 9 heteroatoms. The van der Waals surface area contributed by atoms with Crippen LogP contribution in [0.1, 0.15) is 29.9 Å². The minimum Gasteiger partial charge on any atom is -0.352 e. The van der Waals surface area contributed by atoms with Gasteiger partial charge in [-0.2, -0.15) is 4.31 Å². The van der Waals surface area contributed by atoms with Crippen LogP contribution in [0.3, 0.4) is 0 Å². The van der Waals surface area contributed by atoms with Gasteiger partial charge in [-0.05, 0) is 30.3 Å². The molecule has 1 amide bonds. The zero-order valence-electron chi connectivity index (χ0n) is 16.3. The fraction of sp³-hybridized carbons (Fsp3) is 0.300. The summed E-state index contributed by atoms with van der Waals surface area (Å²) in [5, 5.41) is 2.99. The molecule has 0 bridgehead atoms. The second-order valence-electron chi connectivity index (χ2n) is 6.44. The number of sulfonamides is 1. The van der Waals surface area contributed by atoms with Gasteiger partial charge in [-0.25, -0.2) is 13.4 Å². The second-order valence-corrected chi connectivity index (χ2v) is 8.78. The van der Waals surface area contributed by atoms with Crippen molar-refractivity contribution in [3.05, 3.63) is 65.1 Å². The Morgan fingerprint density at radius 3 is 2.66 bits per heavy atom. The quantitative estimate of drug-likeness (QED) is 0.590. The van der Waals surface area contributed by atoms with Crippen LogP contribution in [0.5, 0.6) is 0 Å². The van der Waals surface area contributed by atoms with Crippen molar-refractivity contribution >= 4 is 33.2 Å². The maximum Gasteiger partial charge on any atom is 0.252 e. The van der Waals surface area contributed by atoms with Crippen molar-refractivity contribution in [1.82, 2.24) is 19.0 Å². The number of hydrogen-bond acceptors (Lipinski definition) is 4. The summed E-state index contributed by atoms with van der Waals surface area (Å²) in [4.78, 5) is 17.1. The molecule has 0 radical (unpaired) electrons. The van der Waals surface area contributed by atoms with E-state index in [9.17, 15) is 13.2 Å². The van der Waals surface area contributed by atoms with Crippen LogP contribution in [0.2, 0.25) is 5.02 Å². The third-order valence-corrected chi connectivity index (χ3v) is 6.98. The average Bonchev–Trinajstić information content (AvgIpc) is 3.11. The molecule has 2 aromatic heterocycles. The van der Waals surface area contributed by atoms with Crippen molar-refractivity contribution in [2.24, 2.45) is 0 Å². The van der Waals surface area contributed by atoms with Crippen LogP contribution in [-0.2, 0) is 16.4 Å². The number of nitrogens with zero attached hydrogens (tertiary/aromatic N) is 3. The highest BCUT2D eigenvalue weighted by atomic mass is 35.5. The van der Waals surface area contributed by atoms with Gasteiger partial charge in [0.05, 0.1) is 21.2 Å². The fourth-order valence-corrected chi connectivity index (χ4v) is 4.75. The maximum absolute atomic E-state index is 12.7. The first-order valence-corrected chi connectivity index (χ1v) is 11.2. The first-order chi connectivity index (χ1) is 13.9. The molecule has 0 saturated heterocycles. The number of carbonyl (C=O) groups is 1. The van der Waals surface area contributed by atoms with Gasteiger partial charge in [-0.15, -0.1) is 0 Å². The zero-order valence-corrected chi connectivity index (χ0v) is 17.9. The molecule has 154 valence electrons. The molecule has 0 aliphatic rings. The molecule has 2 heterocycles. The number of hydrogen-bond donors (Lipinski definition) is 1. The first kappa shape index (κ1) is 21.3. The summed E-state index contributed by atoms with van der Waals surface area (Å²) in [5.41, 5.74) is 1.82. The summed E-state index contributed by atoms with van der Waals surface area (Å²) in [5.74, 6) is -0.421. The first-order valence-electron chi connectivity index (χ1n) is 9.37. The van der Waals surface area contributed by atoms with Gasteiger partial charge in [0, 0.05) is 38.4 Å². The van der Waals surface area contributed by atoms with E-state index in [-0.39, 0.29) is 15.5 Å². The summed E-state index contributed by atoms with van der Waals surface area (Å²) in [6.45, 7) is 4.59. The number of carbonyl (C=O) groups excluding carboxylic acids is 1. The number of fused-ring (bicyclic) bond motifs is 1. The minimum atomic E-state index is -3.67. The fourth-order valence-electron chi connectivity index (χ4n) is 3.06. The molecule has 0 fully saturated rings. The molecule has 29 heavy (non-hydrogen) atoms. The zero-order chi connectivity index (χ0) is 21.0. The molecule has 7 nitrogen and oxygen atoms in total. The predicted molar refractivity (Wildman–Crippen MR) is 113 cm³/mol. The third kappa shape index (κ3) is 4.60. The Hall–Kier alpha value is -2.42. The molecular weight excluding hydrogens is 412 g/mol.